The van der Waals surface area contributed by atoms with Gasteiger partial charge >= 0.3 is 0 Å². The molecule has 0 saturated carbocycles. The van der Waals surface area contributed by atoms with Gasteiger partial charge in [0.25, 0.3) is 0 Å². The Morgan fingerprint density at radius 1 is 1.40 bits per heavy atom. The number of aromatic nitrogens is 2. The van der Waals surface area contributed by atoms with Gasteiger partial charge in [0.2, 0.25) is 21.1 Å². The number of sulfonamides is 1. The first-order valence-corrected chi connectivity index (χ1v) is 10.8. The molecule has 10 heteroatoms. The predicted molar refractivity (Wildman–Crippen MR) is 101 cm³/mol. The molecule has 7 nitrogen and oxygen atoms in total. The second-order valence-corrected chi connectivity index (χ2v) is 9.34. The molecule has 2 aromatic rings. The lowest BCUT2D eigenvalue weighted by molar-refractivity contribution is -0.119. The van der Waals surface area contributed by atoms with E-state index in [1.807, 2.05) is 0 Å². The summed E-state index contributed by atoms with van der Waals surface area (Å²) in [6.45, 7) is 3.63. The van der Waals surface area contributed by atoms with Crippen LogP contribution in [-0.2, 0) is 14.8 Å². The molecular weight excluding hydrogens is 380 g/mol. The van der Waals surface area contributed by atoms with Crippen LogP contribution in [-0.4, -0.2) is 47.9 Å². The summed E-state index contributed by atoms with van der Waals surface area (Å²) in [5.74, 6) is 0.196. The lowest BCUT2D eigenvalue weighted by Gasteiger charge is -2.25. The van der Waals surface area contributed by atoms with Crippen LogP contribution in [0, 0.1) is 0 Å². The van der Waals surface area contributed by atoms with Crippen molar-refractivity contribution >= 4 is 44.2 Å². The van der Waals surface area contributed by atoms with Crippen molar-refractivity contribution in [2.75, 3.05) is 24.4 Å². The fourth-order valence-corrected chi connectivity index (χ4v) is 4.09. The van der Waals surface area contributed by atoms with Crippen molar-refractivity contribution in [2.45, 2.75) is 10.4 Å². The molecule has 0 fully saturated rings. The van der Waals surface area contributed by atoms with Gasteiger partial charge in [-0.3, -0.25) is 10.1 Å². The second-order valence-electron chi connectivity index (χ2n) is 5.05. The molecule has 0 spiro atoms. The van der Waals surface area contributed by atoms with Crippen LogP contribution in [0.3, 0.4) is 0 Å². The SMILES string of the molecule is C=CCSc1nnc(NC(=O)C(c2ccccc2)N(C)S(C)(=O)=O)s1. The van der Waals surface area contributed by atoms with Gasteiger partial charge in [0.05, 0.1) is 6.26 Å². The number of hydrogen-bond acceptors (Lipinski definition) is 7. The van der Waals surface area contributed by atoms with Gasteiger partial charge in [-0.25, -0.2) is 8.42 Å². The number of nitrogens with one attached hydrogen (secondary N) is 1. The van der Waals surface area contributed by atoms with Gasteiger partial charge in [-0.05, 0) is 5.56 Å². The average Bonchev–Trinajstić information content (AvgIpc) is 3.00. The number of amides is 1. The van der Waals surface area contributed by atoms with Crippen LogP contribution in [0.5, 0.6) is 0 Å². The summed E-state index contributed by atoms with van der Waals surface area (Å²) in [6, 6.07) is 7.72. The molecule has 1 heterocycles. The van der Waals surface area contributed by atoms with Crippen molar-refractivity contribution in [2.24, 2.45) is 0 Å². The number of rotatable bonds is 8. The third-order valence-electron chi connectivity index (χ3n) is 3.21. The zero-order valence-corrected chi connectivity index (χ0v) is 16.2. The highest BCUT2D eigenvalue weighted by Gasteiger charge is 2.31. The first-order chi connectivity index (χ1) is 11.8. The number of benzene rings is 1. The first kappa shape index (κ1) is 19.6. The largest absolute Gasteiger partial charge is 0.299 e. The summed E-state index contributed by atoms with van der Waals surface area (Å²) in [4.78, 5) is 12.7. The summed E-state index contributed by atoms with van der Waals surface area (Å²) in [5, 5.41) is 10.9. The van der Waals surface area contributed by atoms with E-state index in [2.05, 4.69) is 22.1 Å². The Balaban J connectivity index is 2.24. The Morgan fingerprint density at radius 2 is 2.08 bits per heavy atom. The molecule has 0 bridgehead atoms. The van der Waals surface area contributed by atoms with E-state index in [0.717, 1.165) is 10.6 Å². The molecule has 0 saturated heterocycles. The van der Waals surface area contributed by atoms with Crippen molar-refractivity contribution in [1.29, 1.82) is 0 Å². The van der Waals surface area contributed by atoms with E-state index in [-0.39, 0.29) is 0 Å². The predicted octanol–water partition coefficient (Wildman–Crippen LogP) is 2.39. The summed E-state index contributed by atoms with van der Waals surface area (Å²) >= 11 is 2.68. The highest BCUT2D eigenvalue weighted by Crippen LogP contribution is 2.28. The standard InChI is InChI=1S/C15H18N4O3S3/c1-4-10-23-15-18-17-14(24-15)16-13(20)12(19(2)25(3,21)22)11-8-6-5-7-9-11/h4-9,12H,1,10H2,2-3H3,(H,16,17,20). The van der Waals surface area contributed by atoms with E-state index in [4.69, 9.17) is 0 Å². The van der Waals surface area contributed by atoms with Crippen LogP contribution in [0.15, 0.2) is 47.3 Å². The zero-order valence-electron chi connectivity index (χ0n) is 13.7. The van der Waals surface area contributed by atoms with Crippen molar-refractivity contribution in [3.05, 3.63) is 48.6 Å². The number of carbonyl (C=O) groups excluding carboxylic acids is 1. The first-order valence-electron chi connectivity index (χ1n) is 7.19. The van der Waals surface area contributed by atoms with Gasteiger partial charge in [0, 0.05) is 12.8 Å². The van der Waals surface area contributed by atoms with Crippen molar-refractivity contribution in [3.8, 4) is 0 Å². The van der Waals surface area contributed by atoms with Gasteiger partial charge in [-0.1, -0.05) is 59.5 Å². The third kappa shape index (κ3) is 5.36. The normalized spacial score (nSPS) is 12.8. The molecule has 0 aliphatic carbocycles. The van der Waals surface area contributed by atoms with Gasteiger partial charge in [-0.2, -0.15) is 4.31 Å². The summed E-state index contributed by atoms with van der Waals surface area (Å²) in [5.41, 5.74) is 0.568. The highest BCUT2D eigenvalue weighted by molar-refractivity contribution is 8.01. The number of hydrogen-bond donors (Lipinski definition) is 1. The lowest BCUT2D eigenvalue weighted by atomic mass is 10.1. The third-order valence-corrected chi connectivity index (χ3v) is 6.44. The maximum atomic E-state index is 12.7. The Labute approximate surface area is 155 Å². The van der Waals surface area contributed by atoms with E-state index in [1.54, 1.807) is 36.4 Å². The van der Waals surface area contributed by atoms with E-state index in [9.17, 15) is 13.2 Å². The summed E-state index contributed by atoms with van der Waals surface area (Å²) < 4.78 is 25.6. The van der Waals surface area contributed by atoms with Crippen LogP contribution in [0.2, 0.25) is 0 Å². The zero-order chi connectivity index (χ0) is 18.4. The maximum absolute atomic E-state index is 12.7. The molecule has 1 atom stereocenters. The fraction of sp³-hybridized carbons (Fsp3) is 0.267. The Hall–Kier alpha value is -1.75. The average molecular weight is 399 g/mol. The van der Waals surface area contributed by atoms with Crippen molar-refractivity contribution in [3.63, 3.8) is 0 Å². The molecule has 25 heavy (non-hydrogen) atoms. The van der Waals surface area contributed by atoms with Crippen molar-refractivity contribution in [1.82, 2.24) is 14.5 Å². The van der Waals surface area contributed by atoms with Crippen LogP contribution in [0.1, 0.15) is 11.6 Å². The number of anilines is 1. The van der Waals surface area contributed by atoms with Crippen LogP contribution < -0.4 is 5.32 Å². The number of likely N-dealkylation sites (N-methyl/N-ethyl adjacent to an activating group) is 1. The van der Waals surface area contributed by atoms with Gasteiger partial charge < -0.3 is 0 Å². The lowest BCUT2D eigenvalue weighted by Crippen LogP contribution is -2.38. The minimum atomic E-state index is -3.57. The molecule has 0 radical (unpaired) electrons. The van der Waals surface area contributed by atoms with Crippen molar-refractivity contribution < 1.29 is 13.2 Å². The maximum Gasteiger partial charge on any atom is 0.249 e. The summed E-state index contributed by atoms with van der Waals surface area (Å²) in [6.07, 6.45) is 2.81. The van der Waals surface area contributed by atoms with Crippen LogP contribution in [0.4, 0.5) is 5.13 Å². The second kappa shape index (κ2) is 8.56. The van der Waals surface area contributed by atoms with E-state index < -0.39 is 22.0 Å². The minimum absolute atomic E-state index is 0.319. The molecule has 1 aromatic carbocycles. The monoisotopic (exact) mass is 398 g/mol. The van der Waals surface area contributed by atoms with Gasteiger partial charge in [-0.15, -0.1) is 16.8 Å². The highest BCUT2D eigenvalue weighted by atomic mass is 32.2. The molecule has 0 aliphatic heterocycles. The molecule has 1 amide bonds. The summed E-state index contributed by atoms with van der Waals surface area (Å²) in [7, 11) is -2.20. The minimum Gasteiger partial charge on any atom is -0.299 e. The quantitative estimate of drug-likeness (QED) is 0.417. The smallest absolute Gasteiger partial charge is 0.249 e. The van der Waals surface area contributed by atoms with Crippen LogP contribution in [0.25, 0.3) is 0 Å². The molecule has 134 valence electrons. The van der Waals surface area contributed by atoms with Crippen LogP contribution >= 0.6 is 23.1 Å². The molecule has 0 aliphatic rings. The number of carbonyl (C=O) groups is 1. The van der Waals surface area contributed by atoms with Gasteiger partial charge in [0.15, 0.2) is 4.34 Å². The van der Waals surface area contributed by atoms with E-state index in [0.29, 0.717) is 20.8 Å². The molecule has 1 N–H and O–H groups in total. The van der Waals surface area contributed by atoms with E-state index in [1.165, 1.54) is 30.1 Å². The number of thioether (sulfide) groups is 1. The fourth-order valence-electron chi connectivity index (χ4n) is 1.98. The van der Waals surface area contributed by atoms with Gasteiger partial charge in [0.1, 0.15) is 6.04 Å². The molecule has 2 rings (SSSR count). The number of nitrogens with zero attached hydrogens (tertiary/aromatic N) is 3. The Kier molecular flexibility index (Phi) is 6.71. The molecule has 1 aromatic heterocycles. The topological polar surface area (TPSA) is 92.3 Å². The Bertz CT molecular complexity index is 837. The molecule has 1 unspecified atom stereocenters. The van der Waals surface area contributed by atoms with E-state index >= 15 is 0 Å². The molecular formula is C15H18N4O3S3. The Morgan fingerprint density at radius 3 is 2.68 bits per heavy atom.